The molecule has 1 aromatic heterocycles. The van der Waals surface area contributed by atoms with Crippen LogP contribution < -0.4 is 0 Å². The van der Waals surface area contributed by atoms with Crippen LogP contribution in [0.3, 0.4) is 0 Å². The lowest BCUT2D eigenvalue weighted by atomic mass is 9.97. The predicted molar refractivity (Wildman–Crippen MR) is 95.3 cm³/mol. The van der Waals surface area contributed by atoms with E-state index in [9.17, 15) is 9.59 Å². The van der Waals surface area contributed by atoms with Gasteiger partial charge in [0, 0.05) is 12.1 Å². The molecule has 7 heteroatoms. The molecule has 2 heterocycles. The Bertz CT molecular complexity index is 717. The fourth-order valence-corrected chi connectivity index (χ4v) is 3.84. The van der Waals surface area contributed by atoms with Crippen molar-refractivity contribution in [2.75, 3.05) is 12.4 Å². The van der Waals surface area contributed by atoms with Crippen molar-refractivity contribution in [3.8, 4) is 0 Å². The van der Waals surface area contributed by atoms with Crippen molar-refractivity contribution >= 4 is 34.7 Å². The maximum absolute atomic E-state index is 12.3. The minimum Gasteiger partial charge on any atom is -0.455 e. The standard InChI is InChI=1S/C18H22N2O4S/c1-12-6-5-7-13(2)20(12)16(21)10-23-17(22)11-25-18-19-14-8-3-4-9-15(14)24-18/h3-4,8-9,12-13H,5-7,10-11H2,1-2H3/t12-,13+. The number of esters is 1. The second-order valence-electron chi connectivity index (χ2n) is 6.33. The number of hydrogen-bond donors (Lipinski definition) is 0. The molecule has 3 rings (SSSR count). The highest BCUT2D eigenvalue weighted by molar-refractivity contribution is 7.99. The molecule has 0 bridgehead atoms. The molecular formula is C18H22N2O4S. The molecule has 1 aliphatic heterocycles. The van der Waals surface area contributed by atoms with Crippen LogP contribution in [0, 0.1) is 0 Å². The maximum Gasteiger partial charge on any atom is 0.316 e. The van der Waals surface area contributed by atoms with Gasteiger partial charge in [-0.2, -0.15) is 0 Å². The summed E-state index contributed by atoms with van der Waals surface area (Å²) in [5.74, 6) is -0.511. The Morgan fingerprint density at radius 2 is 2.00 bits per heavy atom. The second kappa shape index (κ2) is 7.91. The number of amides is 1. The topological polar surface area (TPSA) is 72.6 Å². The average Bonchev–Trinajstić information content (AvgIpc) is 3.01. The number of para-hydroxylation sites is 2. The van der Waals surface area contributed by atoms with Gasteiger partial charge in [0.2, 0.25) is 0 Å². The third-order valence-electron chi connectivity index (χ3n) is 4.43. The van der Waals surface area contributed by atoms with Crippen LogP contribution in [0.15, 0.2) is 33.9 Å². The number of fused-ring (bicyclic) bond motifs is 1. The summed E-state index contributed by atoms with van der Waals surface area (Å²) in [5.41, 5.74) is 1.43. The SMILES string of the molecule is C[C@@H]1CCC[C@H](C)N1C(=O)COC(=O)CSc1nc2ccccc2o1. The number of hydrogen-bond acceptors (Lipinski definition) is 6. The summed E-state index contributed by atoms with van der Waals surface area (Å²) in [7, 11) is 0. The summed E-state index contributed by atoms with van der Waals surface area (Å²) in [5, 5.41) is 0.419. The van der Waals surface area contributed by atoms with E-state index < -0.39 is 5.97 Å². The highest BCUT2D eigenvalue weighted by Crippen LogP contribution is 2.24. The zero-order valence-corrected chi connectivity index (χ0v) is 15.3. The fourth-order valence-electron chi connectivity index (χ4n) is 3.20. The molecule has 0 unspecified atom stereocenters. The molecule has 0 radical (unpaired) electrons. The molecule has 2 atom stereocenters. The van der Waals surface area contributed by atoms with Crippen LogP contribution in [-0.4, -0.2) is 46.2 Å². The molecule has 1 saturated heterocycles. The molecule has 0 spiro atoms. The van der Waals surface area contributed by atoms with Gasteiger partial charge in [-0.05, 0) is 45.2 Å². The van der Waals surface area contributed by atoms with E-state index >= 15 is 0 Å². The van der Waals surface area contributed by atoms with Crippen LogP contribution in [-0.2, 0) is 14.3 Å². The largest absolute Gasteiger partial charge is 0.455 e. The van der Waals surface area contributed by atoms with Gasteiger partial charge < -0.3 is 14.1 Å². The number of oxazole rings is 1. The van der Waals surface area contributed by atoms with Gasteiger partial charge in [0.15, 0.2) is 12.2 Å². The molecule has 25 heavy (non-hydrogen) atoms. The van der Waals surface area contributed by atoms with Crippen LogP contribution in [0.5, 0.6) is 0 Å². The quantitative estimate of drug-likeness (QED) is 0.600. The molecular weight excluding hydrogens is 340 g/mol. The van der Waals surface area contributed by atoms with E-state index in [1.54, 1.807) is 0 Å². The van der Waals surface area contributed by atoms with Gasteiger partial charge in [0.25, 0.3) is 11.1 Å². The number of piperidine rings is 1. The van der Waals surface area contributed by atoms with Crippen molar-refractivity contribution in [3.63, 3.8) is 0 Å². The van der Waals surface area contributed by atoms with Crippen molar-refractivity contribution in [2.45, 2.75) is 50.4 Å². The Morgan fingerprint density at radius 3 is 2.72 bits per heavy atom. The molecule has 0 aliphatic carbocycles. The van der Waals surface area contributed by atoms with E-state index in [0.717, 1.165) is 24.8 Å². The van der Waals surface area contributed by atoms with Crippen LogP contribution >= 0.6 is 11.8 Å². The lowest BCUT2D eigenvalue weighted by Gasteiger charge is -2.38. The van der Waals surface area contributed by atoms with Gasteiger partial charge >= 0.3 is 5.97 Å². The highest BCUT2D eigenvalue weighted by Gasteiger charge is 2.29. The van der Waals surface area contributed by atoms with E-state index in [1.165, 1.54) is 11.8 Å². The molecule has 134 valence electrons. The molecule has 0 N–H and O–H groups in total. The first-order valence-corrected chi connectivity index (χ1v) is 9.48. The van der Waals surface area contributed by atoms with Gasteiger partial charge in [0.1, 0.15) is 11.3 Å². The summed E-state index contributed by atoms with van der Waals surface area (Å²) in [6.07, 6.45) is 3.13. The zero-order chi connectivity index (χ0) is 17.8. The monoisotopic (exact) mass is 362 g/mol. The highest BCUT2D eigenvalue weighted by atomic mass is 32.2. The van der Waals surface area contributed by atoms with Crippen molar-refractivity contribution in [1.29, 1.82) is 0 Å². The first kappa shape index (κ1) is 17.8. The minimum atomic E-state index is -0.446. The molecule has 2 aromatic rings. The first-order chi connectivity index (χ1) is 12.0. The number of carbonyl (C=O) groups is 2. The van der Waals surface area contributed by atoms with Gasteiger partial charge in [0.05, 0.1) is 0 Å². The van der Waals surface area contributed by atoms with Crippen molar-refractivity contribution in [3.05, 3.63) is 24.3 Å². The van der Waals surface area contributed by atoms with Crippen LogP contribution in [0.1, 0.15) is 33.1 Å². The van der Waals surface area contributed by atoms with Crippen molar-refractivity contribution in [1.82, 2.24) is 9.88 Å². The summed E-state index contributed by atoms with van der Waals surface area (Å²) in [6.45, 7) is 3.87. The fraction of sp³-hybridized carbons (Fsp3) is 0.500. The lowest BCUT2D eigenvalue weighted by Crippen LogP contribution is -2.49. The third kappa shape index (κ3) is 4.34. The molecule has 1 aromatic carbocycles. The predicted octanol–water partition coefficient (Wildman–Crippen LogP) is 3.25. The number of likely N-dealkylation sites (tertiary alicyclic amines) is 1. The number of nitrogens with zero attached hydrogens (tertiary/aromatic N) is 2. The summed E-state index contributed by atoms with van der Waals surface area (Å²) in [4.78, 5) is 30.3. The first-order valence-electron chi connectivity index (χ1n) is 8.49. The summed E-state index contributed by atoms with van der Waals surface area (Å²) >= 11 is 1.17. The average molecular weight is 362 g/mol. The van der Waals surface area contributed by atoms with Gasteiger partial charge in [-0.25, -0.2) is 4.98 Å². The Balaban J connectivity index is 1.46. The number of thioether (sulfide) groups is 1. The number of carbonyl (C=O) groups excluding carboxylic acids is 2. The Morgan fingerprint density at radius 1 is 1.28 bits per heavy atom. The minimum absolute atomic E-state index is 0.0607. The van der Waals surface area contributed by atoms with Gasteiger partial charge in [-0.1, -0.05) is 23.9 Å². The molecule has 1 fully saturated rings. The normalized spacial score (nSPS) is 20.6. The Hall–Kier alpha value is -2.02. The van der Waals surface area contributed by atoms with Crippen LogP contribution in [0.4, 0.5) is 0 Å². The van der Waals surface area contributed by atoms with Gasteiger partial charge in [-0.15, -0.1) is 0 Å². The molecule has 1 amide bonds. The molecule has 6 nitrogen and oxygen atoms in total. The third-order valence-corrected chi connectivity index (χ3v) is 5.23. The van der Waals surface area contributed by atoms with Crippen LogP contribution in [0.25, 0.3) is 11.1 Å². The molecule has 1 aliphatic rings. The Labute approximate surface area is 150 Å². The van der Waals surface area contributed by atoms with E-state index in [2.05, 4.69) is 4.98 Å². The van der Waals surface area contributed by atoms with Crippen LogP contribution in [0.2, 0.25) is 0 Å². The summed E-state index contributed by atoms with van der Waals surface area (Å²) in [6, 6.07) is 7.81. The van der Waals surface area contributed by atoms with Crippen molar-refractivity contribution in [2.24, 2.45) is 0 Å². The Kier molecular flexibility index (Phi) is 5.63. The number of rotatable bonds is 5. The van der Waals surface area contributed by atoms with E-state index in [4.69, 9.17) is 9.15 Å². The van der Waals surface area contributed by atoms with Crippen molar-refractivity contribution < 1.29 is 18.7 Å². The van der Waals surface area contributed by atoms with E-state index in [0.29, 0.717) is 10.8 Å². The smallest absolute Gasteiger partial charge is 0.316 e. The van der Waals surface area contributed by atoms with Gasteiger partial charge in [-0.3, -0.25) is 9.59 Å². The molecule has 0 saturated carbocycles. The lowest BCUT2D eigenvalue weighted by molar-refractivity contribution is -0.153. The number of ether oxygens (including phenoxy) is 1. The van der Waals surface area contributed by atoms with E-state index in [-0.39, 0.29) is 30.4 Å². The number of aromatic nitrogens is 1. The number of benzene rings is 1. The zero-order valence-electron chi connectivity index (χ0n) is 14.4. The second-order valence-corrected chi connectivity index (χ2v) is 7.25. The summed E-state index contributed by atoms with van der Waals surface area (Å²) < 4.78 is 10.7. The maximum atomic E-state index is 12.3. The van der Waals surface area contributed by atoms with E-state index in [1.807, 2.05) is 43.0 Å².